The third-order valence-electron chi connectivity index (χ3n) is 2.39. The van der Waals surface area contributed by atoms with Gasteiger partial charge in [0, 0.05) is 13.1 Å². The molecule has 0 radical (unpaired) electrons. The number of nitrogens with zero attached hydrogens (tertiary/aromatic N) is 3. The van der Waals surface area contributed by atoms with Crippen molar-refractivity contribution in [1.29, 1.82) is 0 Å². The summed E-state index contributed by atoms with van der Waals surface area (Å²) >= 11 is 4.98. The van der Waals surface area contributed by atoms with Crippen molar-refractivity contribution in [2.45, 2.75) is 27.0 Å². The normalized spacial score (nSPS) is 10.4. The average molecular weight is 244 g/mol. The SMILES string of the molecule is CCN(CC)C(=O)Cn1c(CO)n[nH]c1=S. The van der Waals surface area contributed by atoms with E-state index in [4.69, 9.17) is 17.3 Å². The lowest BCUT2D eigenvalue weighted by atomic mass is 10.4. The van der Waals surface area contributed by atoms with Crippen LogP contribution in [0.25, 0.3) is 0 Å². The van der Waals surface area contributed by atoms with Crippen LogP contribution in [0.3, 0.4) is 0 Å². The first-order valence-corrected chi connectivity index (χ1v) is 5.57. The molecule has 0 aliphatic rings. The molecule has 0 atom stereocenters. The van der Waals surface area contributed by atoms with E-state index in [0.717, 1.165) is 0 Å². The molecule has 0 aromatic carbocycles. The molecule has 90 valence electrons. The second-order valence-corrected chi connectivity index (χ2v) is 3.64. The highest BCUT2D eigenvalue weighted by atomic mass is 32.1. The first-order valence-electron chi connectivity index (χ1n) is 5.16. The predicted molar refractivity (Wildman–Crippen MR) is 61.3 cm³/mol. The molecular formula is C9H16N4O2S. The lowest BCUT2D eigenvalue weighted by molar-refractivity contribution is -0.131. The van der Waals surface area contributed by atoms with Crippen LogP contribution in [-0.2, 0) is 17.9 Å². The zero-order valence-corrected chi connectivity index (χ0v) is 10.3. The number of hydrogen-bond acceptors (Lipinski definition) is 4. The second-order valence-electron chi connectivity index (χ2n) is 3.26. The Bertz CT molecular complexity index is 408. The minimum atomic E-state index is -0.237. The Morgan fingerprint density at radius 1 is 1.56 bits per heavy atom. The summed E-state index contributed by atoms with van der Waals surface area (Å²) in [4.78, 5) is 13.5. The molecule has 0 spiro atoms. The maximum atomic E-state index is 11.8. The predicted octanol–water partition coefficient (Wildman–Crippen LogP) is 0.301. The third kappa shape index (κ3) is 2.67. The van der Waals surface area contributed by atoms with E-state index in [1.54, 1.807) is 4.90 Å². The third-order valence-corrected chi connectivity index (χ3v) is 2.70. The first-order chi connectivity index (χ1) is 7.63. The summed E-state index contributed by atoms with van der Waals surface area (Å²) in [6.45, 7) is 5.04. The van der Waals surface area contributed by atoms with Gasteiger partial charge in [-0.3, -0.25) is 14.5 Å². The molecule has 1 aromatic rings. The lowest BCUT2D eigenvalue weighted by Gasteiger charge is -2.18. The Labute approximate surface area is 98.9 Å². The first kappa shape index (κ1) is 12.9. The van der Waals surface area contributed by atoms with E-state index in [9.17, 15) is 4.79 Å². The highest BCUT2D eigenvalue weighted by Crippen LogP contribution is 2.00. The highest BCUT2D eigenvalue weighted by molar-refractivity contribution is 7.71. The largest absolute Gasteiger partial charge is 0.388 e. The van der Waals surface area contributed by atoms with Crippen molar-refractivity contribution in [3.8, 4) is 0 Å². The van der Waals surface area contributed by atoms with Crippen molar-refractivity contribution in [1.82, 2.24) is 19.7 Å². The molecule has 6 nitrogen and oxygen atoms in total. The monoisotopic (exact) mass is 244 g/mol. The Balaban J connectivity index is 2.83. The Morgan fingerprint density at radius 2 is 2.19 bits per heavy atom. The van der Waals surface area contributed by atoms with Crippen LogP contribution in [0.1, 0.15) is 19.7 Å². The summed E-state index contributed by atoms with van der Waals surface area (Å²) in [6.07, 6.45) is 0. The number of nitrogens with one attached hydrogen (secondary N) is 1. The maximum Gasteiger partial charge on any atom is 0.242 e. The number of rotatable bonds is 5. The number of aliphatic hydroxyl groups is 1. The Hall–Kier alpha value is -1.21. The van der Waals surface area contributed by atoms with E-state index < -0.39 is 0 Å². The minimum Gasteiger partial charge on any atom is -0.388 e. The minimum absolute atomic E-state index is 0.0304. The molecule has 0 fully saturated rings. The van der Waals surface area contributed by atoms with Gasteiger partial charge in [0.15, 0.2) is 10.6 Å². The van der Waals surface area contributed by atoms with Crippen molar-refractivity contribution >= 4 is 18.1 Å². The number of aromatic amines is 1. The van der Waals surface area contributed by atoms with E-state index in [0.29, 0.717) is 23.7 Å². The van der Waals surface area contributed by atoms with Gasteiger partial charge in [-0.2, -0.15) is 5.10 Å². The molecule has 16 heavy (non-hydrogen) atoms. The quantitative estimate of drug-likeness (QED) is 0.731. The molecule has 0 bridgehead atoms. The van der Waals surface area contributed by atoms with Crippen LogP contribution in [-0.4, -0.2) is 43.8 Å². The molecule has 0 aliphatic carbocycles. The molecule has 7 heteroatoms. The standard InChI is InChI=1S/C9H16N4O2S/c1-3-12(4-2)8(15)5-13-7(6-14)10-11-9(13)16/h14H,3-6H2,1-2H3,(H,11,16). The van der Waals surface area contributed by atoms with Crippen LogP contribution >= 0.6 is 12.2 Å². The van der Waals surface area contributed by atoms with Crippen LogP contribution < -0.4 is 0 Å². The molecule has 0 aliphatic heterocycles. The summed E-state index contributed by atoms with van der Waals surface area (Å²) in [5.74, 6) is 0.350. The van der Waals surface area contributed by atoms with Crippen molar-refractivity contribution in [3.63, 3.8) is 0 Å². The van der Waals surface area contributed by atoms with Crippen LogP contribution in [0, 0.1) is 4.77 Å². The summed E-state index contributed by atoms with van der Waals surface area (Å²) < 4.78 is 1.86. The zero-order chi connectivity index (χ0) is 12.1. The van der Waals surface area contributed by atoms with Crippen LogP contribution in [0.5, 0.6) is 0 Å². The maximum absolute atomic E-state index is 11.8. The van der Waals surface area contributed by atoms with E-state index in [1.807, 2.05) is 13.8 Å². The van der Waals surface area contributed by atoms with Gasteiger partial charge in [-0.05, 0) is 26.1 Å². The number of aromatic nitrogens is 3. The highest BCUT2D eigenvalue weighted by Gasteiger charge is 2.13. The van der Waals surface area contributed by atoms with Gasteiger partial charge in [-0.25, -0.2) is 0 Å². The number of aliphatic hydroxyl groups excluding tert-OH is 1. The van der Waals surface area contributed by atoms with E-state index >= 15 is 0 Å². The Kier molecular flexibility index (Phi) is 4.63. The van der Waals surface area contributed by atoms with Crippen LogP contribution in [0.4, 0.5) is 0 Å². The Morgan fingerprint density at radius 3 is 2.69 bits per heavy atom. The number of amides is 1. The van der Waals surface area contributed by atoms with Crippen LogP contribution in [0.2, 0.25) is 0 Å². The summed E-state index contributed by atoms with van der Waals surface area (Å²) in [5.41, 5.74) is 0. The fourth-order valence-electron chi connectivity index (χ4n) is 1.45. The van der Waals surface area contributed by atoms with Crippen molar-refractivity contribution in [2.24, 2.45) is 0 Å². The molecule has 1 amide bonds. The molecule has 0 saturated carbocycles. The van der Waals surface area contributed by atoms with E-state index in [1.165, 1.54) is 4.57 Å². The average Bonchev–Trinajstić information content (AvgIpc) is 2.62. The molecule has 2 N–H and O–H groups in total. The van der Waals surface area contributed by atoms with Gasteiger partial charge in [0.1, 0.15) is 13.2 Å². The van der Waals surface area contributed by atoms with Gasteiger partial charge in [0.2, 0.25) is 5.91 Å². The summed E-state index contributed by atoms with van der Waals surface area (Å²) in [5, 5.41) is 15.4. The second kappa shape index (κ2) is 5.76. The molecule has 1 heterocycles. The molecule has 1 aromatic heterocycles. The fraction of sp³-hybridized carbons (Fsp3) is 0.667. The van der Waals surface area contributed by atoms with E-state index in [2.05, 4.69) is 10.2 Å². The number of carbonyl (C=O) groups is 1. The van der Waals surface area contributed by atoms with Crippen molar-refractivity contribution in [2.75, 3.05) is 13.1 Å². The van der Waals surface area contributed by atoms with Gasteiger partial charge in [0.05, 0.1) is 0 Å². The molecule has 0 saturated heterocycles. The van der Waals surface area contributed by atoms with Crippen molar-refractivity contribution in [3.05, 3.63) is 10.6 Å². The number of likely N-dealkylation sites (N-methyl/N-ethyl adjacent to an activating group) is 1. The molecule has 0 unspecified atom stereocenters. The van der Waals surface area contributed by atoms with Gasteiger partial charge >= 0.3 is 0 Å². The summed E-state index contributed by atoms with van der Waals surface area (Å²) in [6, 6.07) is 0. The fourth-order valence-corrected chi connectivity index (χ4v) is 1.66. The molecule has 1 rings (SSSR count). The smallest absolute Gasteiger partial charge is 0.242 e. The van der Waals surface area contributed by atoms with Gasteiger partial charge in [-0.15, -0.1) is 0 Å². The lowest BCUT2D eigenvalue weighted by Crippen LogP contribution is -2.33. The number of carbonyl (C=O) groups excluding carboxylic acids is 1. The van der Waals surface area contributed by atoms with Gasteiger partial charge in [-0.1, -0.05) is 0 Å². The number of H-pyrrole nitrogens is 1. The van der Waals surface area contributed by atoms with Crippen LogP contribution in [0.15, 0.2) is 0 Å². The molecular weight excluding hydrogens is 228 g/mol. The van der Waals surface area contributed by atoms with Crippen molar-refractivity contribution < 1.29 is 9.90 Å². The van der Waals surface area contributed by atoms with Gasteiger partial charge in [0.25, 0.3) is 0 Å². The van der Waals surface area contributed by atoms with E-state index in [-0.39, 0.29) is 19.1 Å². The number of hydrogen-bond donors (Lipinski definition) is 2. The summed E-state index contributed by atoms with van der Waals surface area (Å²) in [7, 11) is 0. The topological polar surface area (TPSA) is 74.2 Å². The zero-order valence-electron chi connectivity index (χ0n) is 9.43. The van der Waals surface area contributed by atoms with Gasteiger partial charge < -0.3 is 10.0 Å².